The summed E-state index contributed by atoms with van der Waals surface area (Å²) in [5.74, 6) is 1.06. The lowest BCUT2D eigenvalue weighted by Crippen LogP contribution is -2.43. The Morgan fingerprint density at radius 1 is 1.10 bits per heavy atom. The second-order valence-corrected chi connectivity index (χ2v) is 6.70. The van der Waals surface area contributed by atoms with Gasteiger partial charge in [-0.25, -0.2) is 0 Å². The van der Waals surface area contributed by atoms with Gasteiger partial charge in [-0.05, 0) is 63.1 Å². The van der Waals surface area contributed by atoms with Crippen molar-refractivity contribution < 1.29 is 4.74 Å². The van der Waals surface area contributed by atoms with Gasteiger partial charge in [0.15, 0.2) is 0 Å². The van der Waals surface area contributed by atoms with Gasteiger partial charge in [0.05, 0.1) is 11.8 Å². The molecule has 116 valence electrons. The summed E-state index contributed by atoms with van der Waals surface area (Å²) in [5.41, 5.74) is 8.69. The van der Waals surface area contributed by atoms with E-state index < -0.39 is 0 Å². The predicted octanol–water partition coefficient (Wildman–Crippen LogP) is 3.63. The van der Waals surface area contributed by atoms with Crippen LogP contribution >= 0.6 is 0 Å². The molecule has 0 spiro atoms. The maximum absolute atomic E-state index is 6.35. The molecule has 1 aromatic carbocycles. The molecule has 2 aliphatic rings. The fourth-order valence-corrected chi connectivity index (χ4v) is 3.57. The highest BCUT2D eigenvalue weighted by molar-refractivity contribution is 5.60. The van der Waals surface area contributed by atoms with Gasteiger partial charge in [0.25, 0.3) is 0 Å². The summed E-state index contributed by atoms with van der Waals surface area (Å²) in [7, 11) is 0. The highest BCUT2D eigenvalue weighted by Gasteiger charge is 2.22. The minimum Gasteiger partial charge on any atom is -0.488 e. The molecule has 1 saturated heterocycles. The third-order valence-electron chi connectivity index (χ3n) is 4.76. The average Bonchev–Trinajstić information content (AvgIpc) is 2.50. The van der Waals surface area contributed by atoms with Crippen LogP contribution in [0, 0.1) is 6.92 Å². The van der Waals surface area contributed by atoms with E-state index in [4.69, 9.17) is 10.5 Å². The van der Waals surface area contributed by atoms with Gasteiger partial charge in [-0.2, -0.15) is 0 Å². The summed E-state index contributed by atoms with van der Waals surface area (Å²) in [6, 6.07) is 6.86. The molecule has 21 heavy (non-hydrogen) atoms. The highest BCUT2D eigenvalue weighted by atomic mass is 16.5. The Morgan fingerprint density at radius 2 is 1.90 bits per heavy atom. The van der Waals surface area contributed by atoms with E-state index in [9.17, 15) is 0 Å². The largest absolute Gasteiger partial charge is 0.488 e. The molecule has 0 bridgehead atoms. The molecule has 1 aliphatic heterocycles. The summed E-state index contributed by atoms with van der Waals surface area (Å²) in [5, 5.41) is 0. The fraction of sp³-hybridized carbons (Fsp3) is 0.667. The Kier molecular flexibility index (Phi) is 4.69. The summed E-state index contributed by atoms with van der Waals surface area (Å²) in [6.07, 6.45) is 9.10. The summed E-state index contributed by atoms with van der Waals surface area (Å²) in [6.45, 7) is 4.19. The Labute approximate surface area is 128 Å². The standard InChI is InChI=1S/C18H28N2O/c1-14-9-10-18(21-16-7-3-2-4-8-16)17(12-14)20-11-5-6-15(19)13-20/h9-10,12,15-16H,2-8,11,13,19H2,1H3. The molecule has 1 atom stereocenters. The molecule has 0 amide bonds. The number of piperidine rings is 1. The van der Waals surface area contributed by atoms with E-state index >= 15 is 0 Å². The van der Waals surface area contributed by atoms with Crippen molar-refractivity contribution in [1.29, 1.82) is 0 Å². The van der Waals surface area contributed by atoms with Crippen LogP contribution in [-0.4, -0.2) is 25.2 Å². The first-order valence-corrected chi connectivity index (χ1v) is 8.50. The number of nitrogens with zero attached hydrogens (tertiary/aromatic N) is 1. The van der Waals surface area contributed by atoms with E-state index in [2.05, 4.69) is 30.0 Å². The van der Waals surface area contributed by atoms with Crippen molar-refractivity contribution in [2.75, 3.05) is 18.0 Å². The lowest BCUT2D eigenvalue weighted by atomic mass is 9.97. The number of ether oxygens (including phenoxy) is 1. The molecule has 2 fully saturated rings. The van der Waals surface area contributed by atoms with Crippen molar-refractivity contribution in [3.05, 3.63) is 23.8 Å². The normalized spacial score (nSPS) is 24.1. The van der Waals surface area contributed by atoms with Crippen molar-refractivity contribution in [1.82, 2.24) is 0 Å². The number of nitrogens with two attached hydrogens (primary N) is 1. The minimum atomic E-state index is 0.293. The van der Waals surface area contributed by atoms with Crippen molar-refractivity contribution in [2.24, 2.45) is 5.73 Å². The summed E-state index contributed by atoms with van der Waals surface area (Å²) < 4.78 is 6.35. The Bertz CT molecular complexity index is 468. The Morgan fingerprint density at radius 3 is 2.67 bits per heavy atom. The van der Waals surface area contributed by atoms with Crippen molar-refractivity contribution in [3.63, 3.8) is 0 Å². The molecule has 1 saturated carbocycles. The van der Waals surface area contributed by atoms with Crippen LogP contribution in [0.15, 0.2) is 18.2 Å². The van der Waals surface area contributed by atoms with Crippen LogP contribution in [-0.2, 0) is 0 Å². The first kappa shape index (κ1) is 14.7. The molecular formula is C18H28N2O. The molecule has 0 aromatic heterocycles. The van der Waals surface area contributed by atoms with Gasteiger partial charge in [0, 0.05) is 19.1 Å². The number of aryl methyl sites for hydroxylation is 1. The molecule has 3 nitrogen and oxygen atoms in total. The third-order valence-corrected chi connectivity index (χ3v) is 4.76. The van der Waals surface area contributed by atoms with Crippen LogP contribution in [0.3, 0.4) is 0 Å². The van der Waals surface area contributed by atoms with E-state index in [-0.39, 0.29) is 0 Å². The van der Waals surface area contributed by atoms with E-state index in [1.807, 2.05) is 0 Å². The van der Waals surface area contributed by atoms with E-state index in [0.29, 0.717) is 12.1 Å². The number of benzene rings is 1. The summed E-state index contributed by atoms with van der Waals surface area (Å²) in [4.78, 5) is 2.42. The van der Waals surface area contributed by atoms with Gasteiger partial charge in [-0.3, -0.25) is 0 Å². The average molecular weight is 288 g/mol. The second kappa shape index (κ2) is 6.69. The van der Waals surface area contributed by atoms with Crippen LogP contribution in [0.1, 0.15) is 50.5 Å². The predicted molar refractivity (Wildman–Crippen MR) is 88.1 cm³/mol. The van der Waals surface area contributed by atoms with Gasteiger partial charge in [-0.15, -0.1) is 0 Å². The zero-order chi connectivity index (χ0) is 14.7. The maximum atomic E-state index is 6.35. The third kappa shape index (κ3) is 3.70. The van der Waals surface area contributed by atoms with Crippen LogP contribution < -0.4 is 15.4 Å². The molecule has 2 N–H and O–H groups in total. The molecule has 1 aliphatic carbocycles. The van der Waals surface area contributed by atoms with E-state index in [1.54, 1.807) is 0 Å². The topological polar surface area (TPSA) is 38.5 Å². The van der Waals surface area contributed by atoms with Gasteiger partial charge < -0.3 is 15.4 Å². The van der Waals surface area contributed by atoms with Gasteiger partial charge in [-0.1, -0.05) is 12.5 Å². The number of anilines is 1. The SMILES string of the molecule is Cc1ccc(OC2CCCCC2)c(N2CCCC(N)C2)c1. The van der Waals surface area contributed by atoms with Crippen LogP contribution in [0.2, 0.25) is 0 Å². The zero-order valence-corrected chi connectivity index (χ0v) is 13.2. The fourth-order valence-electron chi connectivity index (χ4n) is 3.57. The summed E-state index contributed by atoms with van der Waals surface area (Å²) >= 11 is 0. The van der Waals surface area contributed by atoms with Gasteiger partial charge in [0.2, 0.25) is 0 Å². The van der Waals surface area contributed by atoms with Crippen molar-refractivity contribution in [2.45, 2.75) is 64.0 Å². The number of hydrogen-bond donors (Lipinski definition) is 1. The lowest BCUT2D eigenvalue weighted by Gasteiger charge is -2.35. The Balaban J connectivity index is 1.78. The molecular weight excluding hydrogens is 260 g/mol. The molecule has 3 heteroatoms. The monoisotopic (exact) mass is 288 g/mol. The lowest BCUT2D eigenvalue weighted by molar-refractivity contribution is 0.155. The molecule has 0 radical (unpaired) electrons. The second-order valence-electron chi connectivity index (χ2n) is 6.70. The van der Waals surface area contributed by atoms with Crippen LogP contribution in [0.4, 0.5) is 5.69 Å². The number of rotatable bonds is 3. The van der Waals surface area contributed by atoms with Crippen molar-refractivity contribution in [3.8, 4) is 5.75 Å². The van der Waals surface area contributed by atoms with Crippen molar-refractivity contribution >= 4 is 5.69 Å². The van der Waals surface area contributed by atoms with Gasteiger partial charge in [0.1, 0.15) is 5.75 Å². The first-order chi connectivity index (χ1) is 10.2. The first-order valence-electron chi connectivity index (χ1n) is 8.50. The maximum Gasteiger partial charge on any atom is 0.143 e. The van der Waals surface area contributed by atoms with E-state index in [1.165, 1.54) is 49.8 Å². The van der Waals surface area contributed by atoms with E-state index in [0.717, 1.165) is 25.3 Å². The molecule has 3 rings (SSSR count). The molecule has 1 aromatic rings. The Hall–Kier alpha value is -1.22. The zero-order valence-electron chi connectivity index (χ0n) is 13.2. The smallest absolute Gasteiger partial charge is 0.143 e. The molecule has 1 unspecified atom stereocenters. The minimum absolute atomic E-state index is 0.293. The van der Waals surface area contributed by atoms with Crippen LogP contribution in [0.25, 0.3) is 0 Å². The van der Waals surface area contributed by atoms with Crippen LogP contribution in [0.5, 0.6) is 5.75 Å². The highest BCUT2D eigenvalue weighted by Crippen LogP contribution is 2.34. The molecule has 1 heterocycles. The quantitative estimate of drug-likeness (QED) is 0.923. The number of hydrogen-bond acceptors (Lipinski definition) is 3. The van der Waals surface area contributed by atoms with Gasteiger partial charge >= 0.3 is 0 Å².